The minimum absolute atomic E-state index is 0.102. The van der Waals surface area contributed by atoms with Gasteiger partial charge in [-0.3, -0.25) is 9.00 Å². The van der Waals surface area contributed by atoms with Crippen molar-refractivity contribution in [1.29, 1.82) is 0 Å². The van der Waals surface area contributed by atoms with Crippen LogP contribution in [-0.4, -0.2) is 57.6 Å². The molecule has 6 nitrogen and oxygen atoms in total. The summed E-state index contributed by atoms with van der Waals surface area (Å²) in [6.07, 6.45) is 3.99. The van der Waals surface area contributed by atoms with E-state index in [1.807, 2.05) is 25.9 Å². The summed E-state index contributed by atoms with van der Waals surface area (Å²) in [5.74, 6) is 0. The van der Waals surface area contributed by atoms with Gasteiger partial charge in [0, 0.05) is 35.4 Å². The molecule has 1 N–H and O–H groups in total. The van der Waals surface area contributed by atoms with Crippen molar-refractivity contribution in [3.63, 3.8) is 0 Å². The van der Waals surface area contributed by atoms with Gasteiger partial charge in [-0.2, -0.15) is 5.10 Å². The Morgan fingerprint density at radius 2 is 2.19 bits per heavy atom. The predicted molar refractivity (Wildman–Crippen MR) is 88.7 cm³/mol. The number of hydrogen-bond acceptors (Lipinski definition) is 5. The molecule has 2 unspecified atom stereocenters. The highest BCUT2D eigenvalue weighted by Crippen LogP contribution is 2.15. The summed E-state index contributed by atoms with van der Waals surface area (Å²) in [5.41, 5.74) is 0.229. The lowest BCUT2D eigenvalue weighted by Crippen LogP contribution is -2.29. The molecule has 0 amide bonds. The second-order valence-corrected chi connectivity index (χ2v) is 7.41. The molecule has 1 rings (SSSR count). The van der Waals surface area contributed by atoms with Crippen LogP contribution in [0.4, 0.5) is 5.69 Å². The molecule has 0 aliphatic rings. The Hall–Kier alpha value is -0.920. The topological polar surface area (TPSA) is 67.2 Å². The fourth-order valence-electron chi connectivity index (χ4n) is 1.62. The van der Waals surface area contributed by atoms with E-state index >= 15 is 0 Å². The first-order chi connectivity index (χ1) is 9.82. The number of rotatable bonds is 8. The average molecular weight is 335 g/mol. The number of nitrogens with one attached hydrogen (secondary N) is 1. The van der Waals surface area contributed by atoms with Crippen LogP contribution in [0.25, 0.3) is 0 Å². The van der Waals surface area contributed by atoms with Gasteiger partial charge in [0.05, 0.1) is 18.4 Å². The first kappa shape index (κ1) is 18.1. The van der Waals surface area contributed by atoms with Crippen LogP contribution in [0.5, 0.6) is 0 Å². The lowest BCUT2D eigenvalue weighted by molar-refractivity contribution is 0.367. The van der Waals surface area contributed by atoms with Gasteiger partial charge in [-0.25, -0.2) is 4.68 Å². The maximum atomic E-state index is 12.1. The number of likely N-dealkylation sites (N-methyl/N-ethyl adjacent to an activating group) is 1. The average Bonchev–Trinajstić information content (AvgIpc) is 2.42. The van der Waals surface area contributed by atoms with Crippen LogP contribution >= 0.6 is 11.6 Å². The zero-order chi connectivity index (χ0) is 16.0. The SMILES string of the molecule is CC(CCNc1cnn(CCN(C)C)c(=O)c1Cl)S(C)=O. The fourth-order valence-corrected chi connectivity index (χ4v) is 2.28. The van der Waals surface area contributed by atoms with Gasteiger partial charge in [0.15, 0.2) is 0 Å². The van der Waals surface area contributed by atoms with Crippen molar-refractivity contribution in [2.45, 2.75) is 25.1 Å². The van der Waals surface area contributed by atoms with Gasteiger partial charge in [0.2, 0.25) is 0 Å². The molecular weight excluding hydrogens is 312 g/mol. The normalized spacial score (nSPS) is 14.2. The summed E-state index contributed by atoms with van der Waals surface area (Å²) in [5, 5.41) is 7.44. The van der Waals surface area contributed by atoms with E-state index < -0.39 is 10.8 Å². The molecule has 0 spiro atoms. The van der Waals surface area contributed by atoms with Gasteiger partial charge < -0.3 is 10.2 Å². The molecule has 21 heavy (non-hydrogen) atoms. The zero-order valence-electron chi connectivity index (χ0n) is 12.9. The van der Waals surface area contributed by atoms with Crippen LogP contribution in [-0.2, 0) is 17.3 Å². The second kappa shape index (κ2) is 8.51. The van der Waals surface area contributed by atoms with Crippen molar-refractivity contribution in [2.24, 2.45) is 0 Å². The Balaban J connectivity index is 2.67. The number of halogens is 1. The molecule has 8 heteroatoms. The summed E-state index contributed by atoms with van der Waals surface area (Å²) in [6, 6.07) is 0. The quantitative estimate of drug-likeness (QED) is 0.769. The minimum atomic E-state index is -0.848. The van der Waals surface area contributed by atoms with Crippen LogP contribution < -0.4 is 10.9 Å². The number of nitrogens with zero attached hydrogens (tertiary/aromatic N) is 3. The van der Waals surface area contributed by atoms with Crippen molar-refractivity contribution in [3.8, 4) is 0 Å². The number of aromatic nitrogens is 2. The molecule has 0 aliphatic heterocycles. The summed E-state index contributed by atoms with van der Waals surface area (Å²) >= 11 is 6.08. The van der Waals surface area contributed by atoms with Gasteiger partial charge in [-0.15, -0.1) is 0 Å². The van der Waals surface area contributed by atoms with E-state index in [0.717, 1.165) is 13.0 Å². The Kier molecular flexibility index (Phi) is 7.34. The van der Waals surface area contributed by atoms with E-state index in [1.165, 1.54) is 4.68 Å². The lowest BCUT2D eigenvalue weighted by Gasteiger charge is -2.13. The Morgan fingerprint density at radius 3 is 2.76 bits per heavy atom. The lowest BCUT2D eigenvalue weighted by atomic mass is 10.3. The van der Waals surface area contributed by atoms with E-state index in [2.05, 4.69) is 10.4 Å². The first-order valence-electron chi connectivity index (χ1n) is 6.79. The zero-order valence-corrected chi connectivity index (χ0v) is 14.5. The third kappa shape index (κ3) is 5.76. The number of hydrogen-bond donors (Lipinski definition) is 1. The van der Waals surface area contributed by atoms with E-state index in [0.29, 0.717) is 18.8 Å². The van der Waals surface area contributed by atoms with Crippen LogP contribution in [0.1, 0.15) is 13.3 Å². The van der Waals surface area contributed by atoms with Crippen molar-refractivity contribution >= 4 is 28.1 Å². The smallest absolute Gasteiger partial charge is 0.287 e. The Bertz CT molecular complexity index is 547. The molecule has 1 aromatic rings. The van der Waals surface area contributed by atoms with Crippen molar-refractivity contribution in [1.82, 2.24) is 14.7 Å². The van der Waals surface area contributed by atoms with Crippen molar-refractivity contribution in [2.75, 3.05) is 38.8 Å². The molecule has 0 fully saturated rings. The summed E-state index contributed by atoms with van der Waals surface area (Å²) in [4.78, 5) is 14.0. The van der Waals surface area contributed by atoms with Gasteiger partial charge in [-0.05, 0) is 20.5 Å². The molecule has 0 aliphatic carbocycles. The minimum Gasteiger partial charge on any atom is -0.382 e. The molecule has 0 saturated carbocycles. The highest BCUT2D eigenvalue weighted by molar-refractivity contribution is 7.84. The van der Waals surface area contributed by atoms with Gasteiger partial charge in [-0.1, -0.05) is 18.5 Å². The molecule has 0 bridgehead atoms. The highest BCUT2D eigenvalue weighted by atomic mass is 35.5. The van der Waals surface area contributed by atoms with Crippen LogP contribution in [0.15, 0.2) is 11.0 Å². The first-order valence-corrected chi connectivity index (χ1v) is 8.79. The molecule has 0 radical (unpaired) electrons. The Labute approximate surface area is 132 Å². The van der Waals surface area contributed by atoms with Crippen molar-refractivity contribution in [3.05, 3.63) is 21.6 Å². The molecule has 0 saturated heterocycles. The molecule has 120 valence electrons. The predicted octanol–water partition coefficient (Wildman–Crippen LogP) is 1.03. The molecular formula is C13H23ClN4O2S. The fraction of sp³-hybridized carbons (Fsp3) is 0.692. The molecule has 1 heterocycles. The molecule has 2 atom stereocenters. The summed E-state index contributed by atoms with van der Waals surface area (Å²) in [7, 11) is 3.02. The summed E-state index contributed by atoms with van der Waals surface area (Å²) < 4.78 is 12.6. The molecule has 1 aromatic heterocycles. The standard InChI is InChI=1S/C13H23ClN4O2S/c1-10(21(4)20)5-6-15-11-9-16-18(8-7-17(2)3)13(19)12(11)14/h9-10,15H,5-8H2,1-4H3. The third-order valence-electron chi connectivity index (χ3n) is 3.18. The highest BCUT2D eigenvalue weighted by Gasteiger charge is 2.10. The van der Waals surface area contributed by atoms with E-state index in [9.17, 15) is 9.00 Å². The maximum Gasteiger partial charge on any atom is 0.287 e. The van der Waals surface area contributed by atoms with Gasteiger partial charge >= 0.3 is 0 Å². The number of anilines is 1. The second-order valence-electron chi connectivity index (χ2n) is 5.23. The van der Waals surface area contributed by atoms with Gasteiger partial charge in [0.25, 0.3) is 5.56 Å². The van der Waals surface area contributed by atoms with E-state index in [1.54, 1.807) is 12.5 Å². The Morgan fingerprint density at radius 1 is 1.52 bits per heavy atom. The largest absolute Gasteiger partial charge is 0.382 e. The van der Waals surface area contributed by atoms with Crippen molar-refractivity contribution < 1.29 is 4.21 Å². The van der Waals surface area contributed by atoms with Crippen LogP contribution in [0.3, 0.4) is 0 Å². The monoisotopic (exact) mass is 334 g/mol. The molecule has 0 aromatic carbocycles. The van der Waals surface area contributed by atoms with Crippen LogP contribution in [0, 0.1) is 0 Å². The van der Waals surface area contributed by atoms with Gasteiger partial charge in [0.1, 0.15) is 5.02 Å². The summed E-state index contributed by atoms with van der Waals surface area (Å²) in [6.45, 7) is 3.74. The maximum absolute atomic E-state index is 12.1. The van der Waals surface area contributed by atoms with E-state index in [4.69, 9.17) is 11.6 Å². The van der Waals surface area contributed by atoms with Crippen LogP contribution in [0.2, 0.25) is 5.02 Å². The van der Waals surface area contributed by atoms with E-state index in [-0.39, 0.29) is 15.8 Å². The third-order valence-corrected chi connectivity index (χ3v) is 4.91.